The van der Waals surface area contributed by atoms with Crippen LogP contribution in [0.3, 0.4) is 0 Å². The van der Waals surface area contributed by atoms with E-state index in [-0.39, 0.29) is 12.3 Å². The second-order valence-electron chi connectivity index (χ2n) is 8.45. The Bertz CT molecular complexity index is 1160. The summed E-state index contributed by atoms with van der Waals surface area (Å²) in [6, 6.07) is 17.0. The highest BCUT2D eigenvalue weighted by Crippen LogP contribution is 2.31. The first kappa shape index (κ1) is 23.1. The van der Waals surface area contributed by atoms with Crippen molar-refractivity contribution in [3.63, 3.8) is 0 Å². The van der Waals surface area contributed by atoms with Crippen molar-refractivity contribution in [2.45, 2.75) is 32.2 Å². The quantitative estimate of drug-likeness (QED) is 0.523. The number of ether oxygens (including phenoxy) is 1. The second-order valence-corrected chi connectivity index (χ2v) is 8.88. The predicted molar refractivity (Wildman–Crippen MR) is 126 cm³/mol. The molecule has 0 amide bonds. The number of hydrogen-bond acceptors (Lipinski definition) is 5. The lowest BCUT2D eigenvalue weighted by Crippen LogP contribution is -2.31. The van der Waals surface area contributed by atoms with E-state index in [0.717, 1.165) is 36.8 Å². The number of carboxylic acid groups (broad SMARTS) is 1. The van der Waals surface area contributed by atoms with Crippen LogP contribution >= 0.6 is 11.6 Å². The first-order valence-electron chi connectivity index (χ1n) is 11.1. The van der Waals surface area contributed by atoms with Gasteiger partial charge in [-0.2, -0.15) is 10.1 Å². The molecule has 4 rings (SSSR count). The molecule has 1 saturated carbocycles. The van der Waals surface area contributed by atoms with E-state index in [1.165, 1.54) is 4.68 Å². The van der Waals surface area contributed by atoms with E-state index in [9.17, 15) is 9.59 Å². The number of benzene rings is 2. The van der Waals surface area contributed by atoms with Crippen LogP contribution in [0.5, 0.6) is 0 Å². The van der Waals surface area contributed by atoms with Gasteiger partial charge in [-0.15, -0.1) is 0 Å². The summed E-state index contributed by atoms with van der Waals surface area (Å²) in [7, 11) is 0. The van der Waals surface area contributed by atoms with Crippen molar-refractivity contribution >= 4 is 17.6 Å². The molecule has 7 nitrogen and oxygen atoms in total. The number of aliphatic carboxylic acids is 1. The highest BCUT2D eigenvalue weighted by atomic mass is 35.5. The molecule has 1 fully saturated rings. The third-order valence-electron chi connectivity index (χ3n) is 6.00. The minimum Gasteiger partial charge on any atom is -0.480 e. The number of rotatable bonds is 8. The maximum Gasteiger partial charge on any atom is 0.364 e. The highest BCUT2D eigenvalue weighted by molar-refractivity contribution is 6.30. The minimum atomic E-state index is -0.947. The first-order valence-corrected chi connectivity index (χ1v) is 11.5. The Morgan fingerprint density at radius 3 is 2.39 bits per heavy atom. The maximum atomic E-state index is 12.9. The highest BCUT2D eigenvalue weighted by Gasteiger charge is 2.23. The van der Waals surface area contributed by atoms with Crippen molar-refractivity contribution in [1.29, 1.82) is 0 Å². The van der Waals surface area contributed by atoms with Crippen LogP contribution in [0.2, 0.25) is 5.02 Å². The number of carboxylic acids is 1. The number of nitrogens with zero attached hydrogens (tertiary/aromatic N) is 3. The Morgan fingerprint density at radius 1 is 1.00 bits per heavy atom. The molecule has 172 valence electrons. The second kappa shape index (κ2) is 10.7. The summed E-state index contributed by atoms with van der Waals surface area (Å²) >= 11 is 6.18. The molecule has 2 aromatic carbocycles. The molecule has 0 aliphatic heterocycles. The van der Waals surface area contributed by atoms with Gasteiger partial charge in [0.05, 0.1) is 6.61 Å². The maximum absolute atomic E-state index is 12.9. The largest absolute Gasteiger partial charge is 0.480 e. The zero-order valence-electron chi connectivity index (χ0n) is 18.2. The number of aromatic nitrogens is 3. The van der Waals surface area contributed by atoms with Gasteiger partial charge >= 0.3 is 11.7 Å². The number of halogens is 1. The normalized spacial score (nSPS) is 18.2. The average Bonchev–Trinajstić information content (AvgIpc) is 2.81. The van der Waals surface area contributed by atoms with Gasteiger partial charge in [0.15, 0.2) is 0 Å². The molecule has 0 unspecified atom stereocenters. The van der Waals surface area contributed by atoms with Crippen molar-refractivity contribution in [3.8, 4) is 22.5 Å². The van der Waals surface area contributed by atoms with Gasteiger partial charge in [-0.25, -0.2) is 14.3 Å². The molecule has 0 atom stereocenters. The van der Waals surface area contributed by atoms with E-state index in [1.54, 1.807) is 12.1 Å². The van der Waals surface area contributed by atoms with Crippen molar-refractivity contribution in [1.82, 2.24) is 14.8 Å². The van der Waals surface area contributed by atoms with Crippen molar-refractivity contribution in [2.24, 2.45) is 11.8 Å². The number of carbonyl (C=O) groups is 1. The van der Waals surface area contributed by atoms with Crippen LogP contribution in [0.4, 0.5) is 0 Å². The van der Waals surface area contributed by atoms with E-state index < -0.39 is 5.97 Å². The van der Waals surface area contributed by atoms with E-state index in [0.29, 0.717) is 41.4 Å². The van der Waals surface area contributed by atoms with Crippen LogP contribution in [0.1, 0.15) is 25.7 Å². The van der Waals surface area contributed by atoms with E-state index >= 15 is 0 Å². The first-order chi connectivity index (χ1) is 16.0. The van der Waals surface area contributed by atoms with E-state index in [4.69, 9.17) is 26.5 Å². The summed E-state index contributed by atoms with van der Waals surface area (Å²) in [5, 5.41) is 14.0. The summed E-state index contributed by atoms with van der Waals surface area (Å²) in [5.74, 6) is -0.279. The molecule has 1 aliphatic carbocycles. The van der Waals surface area contributed by atoms with Gasteiger partial charge in [-0.1, -0.05) is 54.1 Å². The molecule has 33 heavy (non-hydrogen) atoms. The summed E-state index contributed by atoms with van der Waals surface area (Å²) < 4.78 is 6.72. The molecule has 8 heteroatoms. The van der Waals surface area contributed by atoms with Crippen LogP contribution in [0.25, 0.3) is 22.5 Å². The van der Waals surface area contributed by atoms with Crippen molar-refractivity contribution in [3.05, 3.63) is 70.1 Å². The number of hydrogen-bond donors (Lipinski definition) is 1. The topological polar surface area (TPSA) is 94.3 Å². The molecule has 0 spiro atoms. The van der Waals surface area contributed by atoms with E-state index in [1.807, 2.05) is 42.5 Å². The van der Waals surface area contributed by atoms with Gasteiger partial charge < -0.3 is 9.84 Å². The molecule has 1 aliphatic rings. The van der Waals surface area contributed by atoms with Gasteiger partial charge in [0.1, 0.15) is 18.0 Å². The lowest BCUT2D eigenvalue weighted by Gasteiger charge is -2.28. The molecule has 1 heterocycles. The van der Waals surface area contributed by atoms with E-state index in [2.05, 4.69) is 4.98 Å². The van der Waals surface area contributed by atoms with Crippen LogP contribution in [0.15, 0.2) is 59.4 Å². The van der Waals surface area contributed by atoms with Crippen LogP contribution in [-0.2, 0) is 16.1 Å². The monoisotopic (exact) mass is 467 g/mol. The van der Waals surface area contributed by atoms with Gasteiger partial charge in [0.2, 0.25) is 0 Å². The standard InChI is InChI=1S/C25H26ClN3O4/c26-21-8-4-7-20(13-21)23-24(19-5-2-1-3-6-19)28-29(25(32)27-23)14-17-9-11-18(12-10-17)15-33-16-22(30)31/h1-8,13,17-18H,9-12,14-16H2,(H,30,31)/t17-,18+. The van der Waals surface area contributed by atoms with Crippen molar-refractivity contribution < 1.29 is 14.6 Å². The summed E-state index contributed by atoms with van der Waals surface area (Å²) in [6.07, 6.45) is 3.76. The zero-order valence-corrected chi connectivity index (χ0v) is 18.9. The van der Waals surface area contributed by atoms with Crippen LogP contribution in [-0.4, -0.2) is 39.1 Å². The van der Waals surface area contributed by atoms with Gasteiger partial charge in [-0.05, 0) is 49.7 Å². The molecule has 0 saturated heterocycles. The SMILES string of the molecule is O=C(O)COC[C@H]1CC[C@@H](Cn2nc(-c3ccccc3)c(-c3cccc(Cl)c3)nc2=O)CC1. The fourth-order valence-corrected chi connectivity index (χ4v) is 4.49. The summed E-state index contributed by atoms with van der Waals surface area (Å²) in [5.41, 5.74) is 2.42. The molecule has 1 N–H and O–H groups in total. The predicted octanol–water partition coefficient (Wildman–Crippen LogP) is 4.53. The van der Waals surface area contributed by atoms with Gasteiger partial charge in [-0.3, -0.25) is 0 Å². The van der Waals surface area contributed by atoms with Crippen molar-refractivity contribution in [2.75, 3.05) is 13.2 Å². The Balaban J connectivity index is 1.54. The Kier molecular flexibility index (Phi) is 7.52. The molecule has 1 aromatic heterocycles. The molecular formula is C25H26ClN3O4. The zero-order chi connectivity index (χ0) is 23.2. The fraction of sp³-hybridized carbons (Fsp3) is 0.360. The fourth-order valence-electron chi connectivity index (χ4n) is 4.30. The Hall–Kier alpha value is -3.03. The summed E-state index contributed by atoms with van der Waals surface area (Å²) in [6.45, 7) is 0.710. The Labute approximate surface area is 197 Å². The molecule has 0 bridgehead atoms. The molecular weight excluding hydrogens is 442 g/mol. The van der Waals surface area contributed by atoms with Crippen LogP contribution in [0, 0.1) is 11.8 Å². The van der Waals surface area contributed by atoms with Crippen LogP contribution < -0.4 is 5.69 Å². The Morgan fingerprint density at radius 2 is 1.70 bits per heavy atom. The molecule has 3 aromatic rings. The minimum absolute atomic E-state index is 0.258. The lowest BCUT2D eigenvalue weighted by molar-refractivity contribution is -0.142. The smallest absolute Gasteiger partial charge is 0.364 e. The average molecular weight is 468 g/mol. The third-order valence-corrected chi connectivity index (χ3v) is 6.23. The lowest BCUT2D eigenvalue weighted by atomic mass is 9.82. The van der Waals surface area contributed by atoms with Gasteiger partial charge in [0.25, 0.3) is 0 Å². The summed E-state index contributed by atoms with van der Waals surface area (Å²) in [4.78, 5) is 27.9. The van der Waals surface area contributed by atoms with Gasteiger partial charge in [0, 0.05) is 22.7 Å². The third kappa shape index (κ3) is 6.06. The molecule has 0 radical (unpaired) electrons.